The van der Waals surface area contributed by atoms with Crippen LogP contribution in [0.2, 0.25) is 0 Å². The summed E-state index contributed by atoms with van der Waals surface area (Å²) in [4.78, 5) is 4.36. The van der Waals surface area contributed by atoms with Crippen LogP contribution < -0.4 is 5.32 Å². The lowest BCUT2D eigenvalue weighted by molar-refractivity contribution is 0.142. The summed E-state index contributed by atoms with van der Waals surface area (Å²) in [5, 5.41) is 12.9. The summed E-state index contributed by atoms with van der Waals surface area (Å²) in [6.07, 6.45) is 6.53. The molecule has 1 aliphatic carbocycles. The van der Waals surface area contributed by atoms with E-state index in [9.17, 15) is 5.11 Å². The van der Waals surface area contributed by atoms with Gasteiger partial charge >= 0.3 is 0 Å². The molecule has 94 valence electrons. The van der Waals surface area contributed by atoms with Crippen molar-refractivity contribution in [1.82, 2.24) is 4.98 Å². The normalized spacial score (nSPS) is 18.3. The highest BCUT2D eigenvalue weighted by molar-refractivity contribution is 9.10. The molecule has 1 fully saturated rings. The first-order valence-electron chi connectivity index (χ1n) is 6.12. The number of rotatable bonds is 4. The fourth-order valence-electron chi connectivity index (χ4n) is 2.45. The Hall–Kier alpha value is -0.610. The highest BCUT2D eigenvalue weighted by atomic mass is 79.9. The summed E-state index contributed by atoms with van der Waals surface area (Å²) in [6.45, 7) is 3.09. The van der Waals surface area contributed by atoms with Gasteiger partial charge in [0.15, 0.2) is 0 Å². The Morgan fingerprint density at radius 3 is 2.76 bits per heavy atom. The van der Waals surface area contributed by atoms with Crippen LogP contribution in [0.5, 0.6) is 0 Å². The molecule has 3 nitrogen and oxygen atoms in total. The number of aliphatic hydroxyl groups excluding tert-OH is 1. The average molecular weight is 299 g/mol. The van der Waals surface area contributed by atoms with Crippen LogP contribution in [0.1, 0.15) is 31.2 Å². The van der Waals surface area contributed by atoms with Crippen molar-refractivity contribution >= 4 is 21.7 Å². The topological polar surface area (TPSA) is 45.2 Å². The van der Waals surface area contributed by atoms with Crippen molar-refractivity contribution in [2.75, 3.05) is 18.5 Å². The molecule has 1 saturated carbocycles. The lowest BCUT2D eigenvalue weighted by Gasteiger charge is -2.27. The molecule has 0 amide bonds. The Kier molecular flexibility index (Phi) is 4.05. The minimum Gasteiger partial charge on any atom is -0.396 e. The van der Waals surface area contributed by atoms with E-state index in [4.69, 9.17) is 0 Å². The Bertz CT molecular complexity index is 389. The summed E-state index contributed by atoms with van der Waals surface area (Å²) in [7, 11) is 0. The molecule has 0 spiro atoms. The number of nitrogens with zero attached hydrogens (tertiary/aromatic N) is 1. The van der Waals surface area contributed by atoms with Crippen molar-refractivity contribution in [3.05, 3.63) is 22.3 Å². The quantitative estimate of drug-likeness (QED) is 0.898. The minimum absolute atomic E-state index is 0.0615. The van der Waals surface area contributed by atoms with E-state index in [1.807, 2.05) is 13.1 Å². The van der Waals surface area contributed by atoms with Gasteiger partial charge in [-0.3, -0.25) is 0 Å². The van der Waals surface area contributed by atoms with Gasteiger partial charge in [-0.1, -0.05) is 12.8 Å². The van der Waals surface area contributed by atoms with Crippen molar-refractivity contribution in [2.45, 2.75) is 32.6 Å². The van der Waals surface area contributed by atoms with Gasteiger partial charge in [-0.2, -0.15) is 0 Å². The largest absolute Gasteiger partial charge is 0.396 e. The summed E-state index contributed by atoms with van der Waals surface area (Å²) in [5.41, 5.74) is 1.20. The number of aryl methyl sites for hydroxylation is 1. The maximum absolute atomic E-state index is 9.54. The monoisotopic (exact) mass is 298 g/mol. The maximum Gasteiger partial charge on any atom is 0.140 e. The molecule has 0 aromatic carbocycles. The molecule has 1 heterocycles. The van der Waals surface area contributed by atoms with Gasteiger partial charge in [-0.15, -0.1) is 0 Å². The first-order valence-corrected chi connectivity index (χ1v) is 6.91. The zero-order valence-electron chi connectivity index (χ0n) is 10.2. The van der Waals surface area contributed by atoms with Gasteiger partial charge in [0.1, 0.15) is 5.82 Å². The number of aromatic nitrogens is 1. The van der Waals surface area contributed by atoms with Gasteiger partial charge in [0.25, 0.3) is 0 Å². The Balaban J connectivity index is 2.01. The Morgan fingerprint density at radius 1 is 1.47 bits per heavy atom. The third kappa shape index (κ3) is 2.99. The van der Waals surface area contributed by atoms with Crippen LogP contribution in [0.3, 0.4) is 0 Å². The SMILES string of the molecule is Cc1cnc(NCC2(CO)CCCC2)c(Br)c1. The molecule has 1 aromatic heterocycles. The Labute approximate surface area is 111 Å². The van der Waals surface area contributed by atoms with Crippen molar-refractivity contribution < 1.29 is 5.11 Å². The molecule has 4 heteroatoms. The number of hydrogen-bond donors (Lipinski definition) is 2. The summed E-state index contributed by atoms with van der Waals surface area (Å²) in [6, 6.07) is 2.05. The average Bonchev–Trinajstić information content (AvgIpc) is 2.77. The van der Waals surface area contributed by atoms with Crippen LogP contribution >= 0.6 is 15.9 Å². The first-order chi connectivity index (χ1) is 8.15. The molecule has 0 atom stereocenters. The number of anilines is 1. The van der Waals surface area contributed by atoms with Crippen LogP contribution in [0, 0.1) is 12.3 Å². The standard InChI is InChI=1S/C13H19BrN2O/c1-10-6-11(14)12(15-7-10)16-8-13(9-17)4-2-3-5-13/h6-7,17H,2-5,8-9H2,1H3,(H,15,16). The number of aliphatic hydroxyl groups is 1. The van der Waals surface area contributed by atoms with E-state index in [0.717, 1.165) is 35.2 Å². The molecule has 0 saturated heterocycles. The molecule has 0 aliphatic heterocycles. The van der Waals surface area contributed by atoms with E-state index < -0.39 is 0 Å². The van der Waals surface area contributed by atoms with E-state index in [-0.39, 0.29) is 12.0 Å². The highest BCUT2D eigenvalue weighted by Crippen LogP contribution is 2.38. The molecule has 1 aromatic rings. The van der Waals surface area contributed by atoms with E-state index in [0.29, 0.717) is 0 Å². The summed E-state index contributed by atoms with van der Waals surface area (Å²) in [5.74, 6) is 0.871. The van der Waals surface area contributed by atoms with Crippen LogP contribution in [-0.4, -0.2) is 23.2 Å². The van der Waals surface area contributed by atoms with Crippen LogP contribution in [-0.2, 0) is 0 Å². The smallest absolute Gasteiger partial charge is 0.140 e. The van der Waals surface area contributed by atoms with Gasteiger partial charge in [-0.25, -0.2) is 4.98 Å². The van der Waals surface area contributed by atoms with Crippen molar-refractivity contribution in [3.63, 3.8) is 0 Å². The lowest BCUT2D eigenvalue weighted by Crippen LogP contribution is -2.30. The van der Waals surface area contributed by atoms with Gasteiger partial charge < -0.3 is 10.4 Å². The number of halogens is 1. The third-order valence-electron chi connectivity index (χ3n) is 3.61. The summed E-state index contributed by atoms with van der Waals surface area (Å²) >= 11 is 3.51. The molecular weight excluding hydrogens is 280 g/mol. The van der Waals surface area contributed by atoms with Crippen molar-refractivity contribution in [2.24, 2.45) is 5.41 Å². The molecule has 2 rings (SSSR count). The van der Waals surface area contributed by atoms with Crippen LogP contribution in [0.15, 0.2) is 16.7 Å². The number of hydrogen-bond acceptors (Lipinski definition) is 3. The van der Waals surface area contributed by atoms with Crippen LogP contribution in [0.4, 0.5) is 5.82 Å². The van der Waals surface area contributed by atoms with Gasteiger partial charge in [0.2, 0.25) is 0 Å². The van der Waals surface area contributed by atoms with Crippen molar-refractivity contribution in [3.8, 4) is 0 Å². The van der Waals surface area contributed by atoms with Gasteiger partial charge in [-0.05, 0) is 47.3 Å². The zero-order valence-corrected chi connectivity index (χ0v) is 11.8. The molecule has 1 aliphatic rings. The second kappa shape index (κ2) is 5.36. The lowest BCUT2D eigenvalue weighted by atomic mass is 9.87. The zero-order chi connectivity index (χ0) is 12.3. The fourth-order valence-corrected chi connectivity index (χ4v) is 3.05. The predicted octanol–water partition coefficient (Wildman–Crippen LogP) is 3.12. The van der Waals surface area contributed by atoms with Gasteiger partial charge in [0, 0.05) is 18.2 Å². The highest BCUT2D eigenvalue weighted by Gasteiger charge is 2.33. The number of nitrogens with one attached hydrogen (secondary N) is 1. The van der Waals surface area contributed by atoms with Crippen LogP contribution in [0.25, 0.3) is 0 Å². The van der Waals surface area contributed by atoms with E-state index in [1.165, 1.54) is 12.8 Å². The van der Waals surface area contributed by atoms with E-state index in [2.05, 4.69) is 32.3 Å². The molecular formula is C13H19BrN2O. The second-order valence-corrected chi connectivity index (χ2v) is 5.92. The van der Waals surface area contributed by atoms with Gasteiger partial charge in [0.05, 0.1) is 11.1 Å². The molecule has 2 N–H and O–H groups in total. The maximum atomic E-state index is 9.54. The minimum atomic E-state index is 0.0615. The molecule has 0 bridgehead atoms. The first kappa shape index (κ1) is 12.8. The van der Waals surface area contributed by atoms with Crippen molar-refractivity contribution in [1.29, 1.82) is 0 Å². The number of pyridine rings is 1. The fraction of sp³-hybridized carbons (Fsp3) is 0.615. The molecule has 0 unspecified atom stereocenters. The molecule has 17 heavy (non-hydrogen) atoms. The molecule has 0 radical (unpaired) electrons. The van der Waals surface area contributed by atoms with E-state index >= 15 is 0 Å². The summed E-state index contributed by atoms with van der Waals surface area (Å²) < 4.78 is 0.989. The Morgan fingerprint density at radius 2 is 2.18 bits per heavy atom. The second-order valence-electron chi connectivity index (χ2n) is 5.06. The predicted molar refractivity (Wildman–Crippen MR) is 73.2 cm³/mol. The van der Waals surface area contributed by atoms with E-state index in [1.54, 1.807) is 0 Å². The third-order valence-corrected chi connectivity index (χ3v) is 4.21.